The topological polar surface area (TPSA) is 25.2 Å². The van der Waals surface area contributed by atoms with Gasteiger partial charge < -0.3 is 9.73 Å². The molecule has 86 valence electrons. The van der Waals surface area contributed by atoms with Gasteiger partial charge >= 0.3 is 0 Å². The summed E-state index contributed by atoms with van der Waals surface area (Å²) in [6.45, 7) is 7.66. The van der Waals surface area contributed by atoms with Gasteiger partial charge in [0, 0.05) is 6.04 Å². The molecule has 1 heterocycles. The lowest BCUT2D eigenvalue weighted by molar-refractivity contribution is 0.331. The van der Waals surface area contributed by atoms with Gasteiger partial charge in [0.2, 0.25) is 0 Å². The largest absolute Gasteiger partial charge is 0.468 e. The van der Waals surface area contributed by atoms with Crippen molar-refractivity contribution in [1.29, 1.82) is 0 Å². The standard InChI is InChI=1S/C13H23NO/c1-4-7-11(3)13(5-2)14-10-12-8-6-9-15-12/h6,8-9,11,13-14H,4-5,7,10H2,1-3H3. The molecule has 1 N–H and O–H groups in total. The van der Waals surface area contributed by atoms with E-state index < -0.39 is 0 Å². The predicted octanol–water partition coefficient (Wildman–Crippen LogP) is 3.58. The Balaban J connectivity index is 2.33. The fourth-order valence-electron chi connectivity index (χ4n) is 2.05. The van der Waals surface area contributed by atoms with E-state index in [1.54, 1.807) is 6.26 Å². The van der Waals surface area contributed by atoms with Crippen LogP contribution in [0.3, 0.4) is 0 Å². The molecule has 0 spiro atoms. The third-order valence-electron chi connectivity index (χ3n) is 2.99. The van der Waals surface area contributed by atoms with E-state index in [1.165, 1.54) is 19.3 Å². The molecule has 0 radical (unpaired) electrons. The second-order valence-electron chi connectivity index (χ2n) is 4.24. The maximum atomic E-state index is 5.31. The summed E-state index contributed by atoms with van der Waals surface area (Å²) in [7, 11) is 0. The van der Waals surface area contributed by atoms with Crippen LogP contribution in [0.5, 0.6) is 0 Å². The van der Waals surface area contributed by atoms with Gasteiger partial charge in [-0.1, -0.05) is 27.2 Å². The fourth-order valence-corrected chi connectivity index (χ4v) is 2.05. The molecule has 0 aliphatic rings. The second-order valence-corrected chi connectivity index (χ2v) is 4.24. The maximum Gasteiger partial charge on any atom is 0.117 e. The van der Waals surface area contributed by atoms with E-state index in [0.717, 1.165) is 18.2 Å². The molecule has 1 aromatic heterocycles. The summed E-state index contributed by atoms with van der Waals surface area (Å²) in [5.74, 6) is 1.77. The average Bonchev–Trinajstić information content (AvgIpc) is 2.72. The molecule has 0 fully saturated rings. The molecule has 15 heavy (non-hydrogen) atoms. The number of furan rings is 1. The molecule has 0 aliphatic carbocycles. The normalized spacial score (nSPS) is 15.1. The Hall–Kier alpha value is -0.760. The van der Waals surface area contributed by atoms with Crippen LogP contribution in [0.1, 0.15) is 45.8 Å². The van der Waals surface area contributed by atoms with Crippen LogP contribution in [0, 0.1) is 5.92 Å². The first-order valence-corrected chi connectivity index (χ1v) is 6.03. The Bertz CT molecular complexity index is 243. The van der Waals surface area contributed by atoms with E-state index in [4.69, 9.17) is 4.42 Å². The SMILES string of the molecule is CCCC(C)C(CC)NCc1ccco1. The Morgan fingerprint density at radius 2 is 2.20 bits per heavy atom. The third kappa shape index (κ3) is 4.08. The molecular weight excluding hydrogens is 186 g/mol. The second kappa shape index (κ2) is 6.67. The first-order chi connectivity index (χ1) is 7.27. The third-order valence-corrected chi connectivity index (χ3v) is 2.99. The van der Waals surface area contributed by atoms with Gasteiger partial charge in [-0.15, -0.1) is 0 Å². The summed E-state index contributed by atoms with van der Waals surface area (Å²) in [5, 5.41) is 3.56. The molecular formula is C13H23NO. The highest BCUT2D eigenvalue weighted by molar-refractivity contribution is 4.97. The van der Waals surface area contributed by atoms with E-state index in [-0.39, 0.29) is 0 Å². The predicted molar refractivity (Wildman–Crippen MR) is 63.7 cm³/mol. The van der Waals surface area contributed by atoms with Crippen molar-refractivity contribution in [2.24, 2.45) is 5.92 Å². The fraction of sp³-hybridized carbons (Fsp3) is 0.692. The molecule has 0 aromatic carbocycles. The summed E-state index contributed by atoms with van der Waals surface area (Å²) in [6.07, 6.45) is 5.47. The number of hydrogen-bond donors (Lipinski definition) is 1. The van der Waals surface area contributed by atoms with Crippen molar-refractivity contribution in [2.75, 3.05) is 0 Å². The highest BCUT2D eigenvalue weighted by Gasteiger charge is 2.13. The molecule has 2 heteroatoms. The van der Waals surface area contributed by atoms with E-state index >= 15 is 0 Å². The van der Waals surface area contributed by atoms with E-state index in [0.29, 0.717) is 6.04 Å². The highest BCUT2D eigenvalue weighted by Crippen LogP contribution is 2.14. The van der Waals surface area contributed by atoms with Crippen molar-refractivity contribution in [2.45, 2.75) is 52.6 Å². The molecule has 2 atom stereocenters. The van der Waals surface area contributed by atoms with Gasteiger partial charge in [-0.25, -0.2) is 0 Å². The van der Waals surface area contributed by atoms with E-state index in [9.17, 15) is 0 Å². The molecule has 1 aromatic rings. The van der Waals surface area contributed by atoms with Gasteiger partial charge in [0.25, 0.3) is 0 Å². The maximum absolute atomic E-state index is 5.31. The number of hydrogen-bond acceptors (Lipinski definition) is 2. The zero-order chi connectivity index (χ0) is 11.1. The monoisotopic (exact) mass is 209 g/mol. The lowest BCUT2D eigenvalue weighted by atomic mass is 9.95. The lowest BCUT2D eigenvalue weighted by Gasteiger charge is -2.23. The molecule has 0 aliphatic heterocycles. The van der Waals surface area contributed by atoms with Crippen LogP contribution in [0.25, 0.3) is 0 Å². The van der Waals surface area contributed by atoms with E-state index in [2.05, 4.69) is 26.1 Å². The quantitative estimate of drug-likeness (QED) is 0.742. The van der Waals surface area contributed by atoms with Crippen molar-refractivity contribution in [3.8, 4) is 0 Å². The number of nitrogens with one attached hydrogen (secondary N) is 1. The molecule has 1 rings (SSSR count). The van der Waals surface area contributed by atoms with Crippen LogP contribution < -0.4 is 5.32 Å². The number of rotatable bonds is 7. The van der Waals surface area contributed by atoms with Crippen LogP contribution in [0.15, 0.2) is 22.8 Å². The van der Waals surface area contributed by atoms with Crippen molar-refractivity contribution < 1.29 is 4.42 Å². The summed E-state index contributed by atoms with van der Waals surface area (Å²) in [6, 6.07) is 4.56. The Morgan fingerprint density at radius 3 is 2.73 bits per heavy atom. The molecule has 0 bridgehead atoms. The zero-order valence-corrected chi connectivity index (χ0v) is 10.1. The van der Waals surface area contributed by atoms with Crippen molar-refractivity contribution in [3.05, 3.63) is 24.2 Å². The summed E-state index contributed by atoms with van der Waals surface area (Å²) in [4.78, 5) is 0. The minimum atomic E-state index is 0.607. The minimum Gasteiger partial charge on any atom is -0.468 e. The summed E-state index contributed by atoms with van der Waals surface area (Å²) < 4.78 is 5.31. The van der Waals surface area contributed by atoms with Crippen molar-refractivity contribution in [3.63, 3.8) is 0 Å². The van der Waals surface area contributed by atoms with Gasteiger partial charge in [-0.3, -0.25) is 0 Å². The minimum absolute atomic E-state index is 0.607. The van der Waals surface area contributed by atoms with Crippen LogP contribution >= 0.6 is 0 Å². The van der Waals surface area contributed by atoms with Crippen molar-refractivity contribution >= 4 is 0 Å². The summed E-state index contributed by atoms with van der Waals surface area (Å²) >= 11 is 0. The molecule has 2 unspecified atom stereocenters. The van der Waals surface area contributed by atoms with Gasteiger partial charge in [-0.05, 0) is 30.9 Å². The van der Waals surface area contributed by atoms with Crippen LogP contribution in [0.2, 0.25) is 0 Å². The molecule has 2 nitrogen and oxygen atoms in total. The molecule has 0 amide bonds. The molecule has 0 saturated carbocycles. The Kier molecular flexibility index (Phi) is 5.48. The highest BCUT2D eigenvalue weighted by atomic mass is 16.3. The van der Waals surface area contributed by atoms with Crippen LogP contribution in [-0.4, -0.2) is 6.04 Å². The van der Waals surface area contributed by atoms with Gasteiger partial charge in [-0.2, -0.15) is 0 Å². The zero-order valence-electron chi connectivity index (χ0n) is 10.1. The lowest BCUT2D eigenvalue weighted by Crippen LogP contribution is -2.33. The summed E-state index contributed by atoms with van der Waals surface area (Å²) in [5.41, 5.74) is 0. The van der Waals surface area contributed by atoms with Gasteiger partial charge in [0.05, 0.1) is 12.8 Å². The van der Waals surface area contributed by atoms with Crippen LogP contribution in [0.4, 0.5) is 0 Å². The first kappa shape index (κ1) is 12.3. The smallest absolute Gasteiger partial charge is 0.117 e. The van der Waals surface area contributed by atoms with Gasteiger partial charge in [0.15, 0.2) is 0 Å². The Morgan fingerprint density at radius 1 is 1.40 bits per heavy atom. The Labute approximate surface area is 93.1 Å². The van der Waals surface area contributed by atoms with E-state index in [1.807, 2.05) is 12.1 Å². The molecule has 0 saturated heterocycles. The van der Waals surface area contributed by atoms with Crippen LogP contribution in [-0.2, 0) is 6.54 Å². The van der Waals surface area contributed by atoms with Crippen molar-refractivity contribution in [1.82, 2.24) is 5.32 Å². The van der Waals surface area contributed by atoms with Gasteiger partial charge in [0.1, 0.15) is 5.76 Å². The first-order valence-electron chi connectivity index (χ1n) is 6.03. The average molecular weight is 209 g/mol.